The number of piperazine rings is 1. The predicted molar refractivity (Wildman–Crippen MR) is 157 cm³/mol. The van der Waals surface area contributed by atoms with Gasteiger partial charge in [0.1, 0.15) is 0 Å². The Morgan fingerprint density at radius 2 is 1.80 bits per heavy atom. The zero-order chi connectivity index (χ0) is 29.0. The maximum absolute atomic E-state index is 13.4. The van der Waals surface area contributed by atoms with E-state index in [-0.39, 0.29) is 37.7 Å². The number of rotatable bonds is 8. The fourth-order valence-corrected chi connectivity index (χ4v) is 5.71. The second-order valence-corrected chi connectivity index (χ2v) is 10.9. The molecular formula is C29H31Cl3N4O4. The molecule has 0 saturated carbocycles. The van der Waals surface area contributed by atoms with E-state index in [0.717, 1.165) is 0 Å². The molecule has 0 aromatic heterocycles. The summed E-state index contributed by atoms with van der Waals surface area (Å²) in [6.07, 6.45) is 1.60. The Labute approximate surface area is 249 Å². The first kappa shape index (κ1) is 29.9. The number of nitrogens with one attached hydrogen (secondary N) is 1. The van der Waals surface area contributed by atoms with Crippen molar-refractivity contribution in [3.63, 3.8) is 0 Å². The van der Waals surface area contributed by atoms with Gasteiger partial charge in [0.25, 0.3) is 5.91 Å². The van der Waals surface area contributed by atoms with Crippen LogP contribution >= 0.6 is 34.8 Å². The summed E-state index contributed by atoms with van der Waals surface area (Å²) in [5, 5.41) is 4.23. The minimum Gasteiger partial charge on any atom is -0.463 e. The summed E-state index contributed by atoms with van der Waals surface area (Å²) < 4.78 is 5.45. The van der Waals surface area contributed by atoms with Gasteiger partial charge in [-0.25, -0.2) is 9.59 Å². The van der Waals surface area contributed by atoms with Crippen molar-refractivity contribution in [3.05, 3.63) is 92.6 Å². The monoisotopic (exact) mass is 604 g/mol. The van der Waals surface area contributed by atoms with Gasteiger partial charge >= 0.3 is 12.0 Å². The molecule has 212 valence electrons. The van der Waals surface area contributed by atoms with Crippen LogP contribution in [0.5, 0.6) is 0 Å². The number of hydrogen-bond donors (Lipinski definition) is 1. The quantitative estimate of drug-likeness (QED) is 0.315. The summed E-state index contributed by atoms with van der Waals surface area (Å²) in [5.74, 6) is -0.620. The first-order valence-corrected chi connectivity index (χ1v) is 14.1. The number of urea groups is 1. The van der Waals surface area contributed by atoms with E-state index < -0.39 is 12.0 Å². The molecule has 0 radical (unpaired) electrons. The molecule has 2 heterocycles. The van der Waals surface area contributed by atoms with Crippen molar-refractivity contribution >= 4 is 52.7 Å². The lowest BCUT2D eigenvalue weighted by atomic mass is 9.93. The molecule has 2 aromatic rings. The van der Waals surface area contributed by atoms with Gasteiger partial charge in [-0.3, -0.25) is 14.6 Å². The SMILES string of the molecule is C=CCN1C(=O)NC(c2ccc(Cl)cc2Cl)C(C(=O)OCC)=C1CN1CCN(C(=O)c2ccc(Cl)cc2)C(C)C1. The highest BCUT2D eigenvalue weighted by molar-refractivity contribution is 6.35. The summed E-state index contributed by atoms with van der Waals surface area (Å²) in [4.78, 5) is 45.4. The summed E-state index contributed by atoms with van der Waals surface area (Å²) >= 11 is 18.6. The van der Waals surface area contributed by atoms with Gasteiger partial charge in [0.05, 0.1) is 18.2 Å². The fraction of sp³-hybridized carbons (Fsp3) is 0.345. The fourth-order valence-electron chi connectivity index (χ4n) is 5.06. The highest BCUT2D eigenvalue weighted by Crippen LogP contribution is 2.36. The van der Waals surface area contributed by atoms with Gasteiger partial charge in [0.15, 0.2) is 0 Å². The molecule has 3 amide bonds. The van der Waals surface area contributed by atoms with Crippen molar-refractivity contribution < 1.29 is 19.1 Å². The summed E-state index contributed by atoms with van der Waals surface area (Å²) in [6.45, 7) is 9.68. The van der Waals surface area contributed by atoms with Crippen molar-refractivity contribution in [3.8, 4) is 0 Å². The molecule has 0 aliphatic carbocycles. The second kappa shape index (κ2) is 13.1. The molecule has 1 N–H and O–H groups in total. The van der Waals surface area contributed by atoms with E-state index in [1.165, 1.54) is 4.90 Å². The lowest BCUT2D eigenvalue weighted by molar-refractivity contribution is -0.139. The van der Waals surface area contributed by atoms with Gasteiger partial charge < -0.3 is 15.0 Å². The number of carbonyl (C=O) groups is 3. The average molecular weight is 606 g/mol. The lowest BCUT2D eigenvalue weighted by Crippen LogP contribution is -2.56. The summed E-state index contributed by atoms with van der Waals surface area (Å²) in [5.41, 5.74) is 1.90. The molecule has 1 saturated heterocycles. The Kier molecular flexibility index (Phi) is 9.79. The molecule has 8 nitrogen and oxygen atoms in total. The van der Waals surface area contributed by atoms with Gasteiger partial charge in [0, 0.05) is 65.1 Å². The van der Waals surface area contributed by atoms with Gasteiger partial charge in [-0.05, 0) is 55.8 Å². The maximum Gasteiger partial charge on any atom is 0.338 e. The highest BCUT2D eigenvalue weighted by Gasteiger charge is 2.40. The van der Waals surface area contributed by atoms with Crippen molar-refractivity contribution in [2.75, 3.05) is 39.3 Å². The third kappa shape index (κ3) is 6.47. The number of amides is 3. The topological polar surface area (TPSA) is 82.2 Å². The van der Waals surface area contributed by atoms with Crippen LogP contribution in [0.1, 0.15) is 35.8 Å². The third-order valence-electron chi connectivity index (χ3n) is 6.96. The smallest absolute Gasteiger partial charge is 0.338 e. The van der Waals surface area contributed by atoms with Crippen molar-refractivity contribution in [1.82, 2.24) is 20.0 Å². The first-order valence-electron chi connectivity index (χ1n) is 13.0. The van der Waals surface area contributed by atoms with Crippen molar-refractivity contribution in [2.24, 2.45) is 0 Å². The molecule has 2 aliphatic heterocycles. The number of nitrogens with zero attached hydrogens (tertiary/aromatic N) is 3. The van der Waals surface area contributed by atoms with Crippen LogP contribution in [0.15, 0.2) is 66.4 Å². The van der Waals surface area contributed by atoms with Gasteiger partial charge in [-0.15, -0.1) is 6.58 Å². The Morgan fingerprint density at radius 1 is 1.10 bits per heavy atom. The number of benzene rings is 2. The van der Waals surface area contributed by atoms with E-state index in [2.05, 4.69) is 16.8 Å². The first-order chi connectivity index (χ1) is 19.1. The molecule has 11 heteroatoms. The third-order valence-corrected chi connectivity index (χ3v) is 7.77. The van der Waals surface area contributed by atoms with E-state index in [0.29, 0.717) is 57.1 Å². The predicted octanol–water partition coefficient (Wildman–Crippen LogP) is 5.56. The standard InChI is InChI=1S/C29H31Cl3N4O4/c1-4-12-36-24(17-34-13-14-35(18(3)16-34)27(37)19-6-8-20(30)9-7-19)25(28(38)40-5-2)26(33-29(36)39)22-11-10-21(31)15-23(22)32/h4,6-11,15,18,26H,1,5,12-14,16-17H2,2-3H3,(H,33,39). The van der Waals surface area contributed by atoms with Crippen molar-refractivity contribution in [1.29, 1.82) is 0 Å². The second-order valence-electron chi connectivity index (χ2n) is 9.62. The minimum atomic E-state index is -0.836. The van der Waals surface area contributed by atoms with Crippen LogP contribution in [0.25, 0.3) is 0 Å². The maximum atomic E-state index is 13.4. The Balaban J connectivity index is 1.67. The molecule has 40 heavy (non-hydrogen) atoms. The summed E-state index contributed by atoms with van der Waals surface area (Å²) in [7, 11) is 0. The molecule has 0 spiro atoms. The number of hydrogen-bond acceptors (Lipinski definition) is 5. The average Bonchev–Trinajstić information content (AvgIpc) is 2.91. The number of halogens is 3. The van der Waals surface area contributed by atoms with Crippen LogP contribution in [0.4, 0.5) is 4.79 Å². The van der Waals surface area contributed by atoms with Gasteiger partial charge in [0.2, 0.25) is 0 Å². The van der Waals surface area contributed by atoms with E-state index in [1.54, 1.807) is 55.5 Å². The Hall–Kier alpha value is -3.04. The van der Waals surface area contributed by atoms with Crippen molar-refractivity contribution in [2.45, 2.75) is 25.9 Å². The Bertz CT molecular complexity index is 1330. The highest BCUT2D eigenvalue weighted by atomic mass is 35.5. The van der Waals surface area contributed by atoms with Crippen LogP contribution in [0.3, 0.4) is 0 Å². The normalized spacial score (nSPS) is 19.9. The van der Waals surface area contributed by atoms with E-state index >= 15 is 0 Å². The number of carbonyl (C=O) groups excluding carboxylic acids is 3. The van der Waals surface area contributed by atoms with Crippen LogP contribution in [0, 0.1) is 0 Å². The zero-order valence-electron chi connectivity index (χ0n) is 22.3. The van der Waals surface area contributed by atoms with E-state index in [9.17, 15) is 14.4 Å². The largest absolute Gasteiger partial charge is 0.463 e. The van der Waals surface area contributed by atoms with Crippen LogP contribution in [-0.2, 0) is 9.53 Å². The molecule has 2 unspecified atom stereocenters. The molecule has 2 atom stereocenters. The van der Waals surface area contributed by atoms with E-state index in [1.807, 2.05) is 11.8 Å². The van der Waals surface area contributed by atoms with Crippen LogP contribution < -0.4 is 5.32 Å². The van der Waals surface area contributed by atoms with Gasteiger partial charge in [-0.2, -0.15) is 0 Å². The molecule has 2 aliphatic rings. The van der Waals surface area contributed by atoms with Crippen LogP contribution in [0.2, 0.25) is 15.1 Å². The van der Waals surface area contributed by atoms with Crippen LogP contribution in [-0.4, -0.2) is 78.0 Å². The zero-order valence-corrected chi connectivity index (χ0v) is 24.6. The van der Waals surface area contributed by atoms with E-state index in [4.69, 9.17) is 39.5 Å². The summed E-state index contributed by atoms with van der Waals surface area (Å²) in [6, 6.07) is 10.4. The van der Waals surface area contributed by atoms with Gasteiger partial charge in [-0.1, -0.05) is 46.9 Å². The number of esters is 1. The Morgan fingerprint density at radius 3 is 2.42 bits per heavy atom. The number of ether oxygens (including phenoxy) is 1. The molecular weight excluding hydrogens is 575 g/mol. The molecule has 0 bridgehead atoms. The molecule has 2 aromatic carbocycles. The lowest BCUT2D eigenvalue weighted by Gasteiger charge is -2.43. The minimum absolute atomic E-state index is 0.0713. The molecule has 1 fully saturated rings. The molecule has 4 rings (SSSR count).